The van der Waals surface area contributed by atoms with Crippen LogP contribution in [0.15, 0.2) is 23.4 Å². The standard InChI is InChI=1S/C12H17N3O/c1-9-10(7-6-8-14-9)11(16)15(13-5)12(2,3)4/h6-8H,5H2,1-4H3. The Morgan fingerprint density at radius 1 is 1.50 bits per heavy atom. The molecule has 0 aliphatic heterocycles. The Kier molecular flexibility index (Phi) is 3.42. The molecule has 1 aromatic rings. The van der Waals surface area contributed by atoms with E-state index in [1.54, 1.807) is 25.3 Å². The Morgan fingerprint density at radius 3 is 2.56 bits per heavy atom. The average Bonchev–Trinajstić information content (AvgIpc) is 2.17. The maximum atomic E-state index is 12.2. The second kappa shape index (κ2) is 4.43. The highest BCUT2D eigenvalue weighted by atomic mass is 16.2. The Balaban J connectivity index is 3.11. The molecule has 0 aliphatic rings. The Hall–Kier alpha value is -1.71. The molecule has 0 aliphatic carbocycles. The summed E-state index contributed by atoms with van der Waals surface area (Å²) in [6.07, 6.45) is 1.66. The molecule has 0 aromatic carbocycles. The third kappa shape index (κ3) is 2.45. The van der Waals surface area contributed by atoms with Gasteiger partial charge in [0.25, 0.3) is 5.91 Å². The molecule has 0 fully saturated rings. The van der Waals surface area contributed by atoms with E-state index in [0.717, 1.165) is 0 Å². The van der Waals surface area contributed by atoms with E-state index < -0.39 is 0 Å². The minimum atomic E-state index is -0.388. The zero-order valence-corrected chi connectivity index (χ0v) is 10.2. The topological polar surface area (TPSA) is 45.6 Å². The van der Waals surface area contributed by atoms with Crippen LogP contribution in [-0.2, 0) is 0 Å². The summed E-state index contributed by atoms with van der Waals surface area (Å²) in [6, 6.07) is 3.48. The lowest BCUT2D eigenvalue weighted by molar-refractivity contribution is 0.0594. The van der Waals surface area contributed by atoms with E-state index in [4.69, 9.17) is 0 Å². The number of hydrogen-bond donors (Lipinski definition) is 0. The lowest BCUT2D eigenvalue weighted by Gasteiger charge is -2.30. The highest BCUT2D eigenvalue weighted by molar-refractivity contribution is 5.95. The molecule has 0 radical (unpaired) electrons. The number of hydrogen-bond acceptors (Lipinski definition) is 3. The smallest absolute Gasteiger partial charge is 0.267 e. The first kappa shape index (κ1) is 12.4. The maximum Gasteiger partial charge on any atom is 0.276 e. The fourth-order valence-electron chi connectivity index (χ4n) is 1.41. The minimum absolute atomic E-state index is 0.173. The molecule has 0 atom stereocenters. The van der Waals surface area contributed by atoms with Gasteiger partial charge in [-0.2, -0.15) is 5.10 Å². The predicted molar refractivity (Wildman–Crippen MR) is 64.4 cm³/mol. The van der Waals surface area contributed by atoms with Crippen LogP contribution in [0.5, 0.6) is 0 Å². The molecule has 1 rings (SSSR count). The van der Waals surface area contributed by atoms with Gasteiger partial charge in [-0.1, -0.05) is 0 Å². The number of aromatic nitrogens is 1. The summed E-state index contributed by atoms with van der Waals surface area (Å²) >= 11 is 0. The van der Waals surface area contributed by atoms with Crippen molar-refractivity contribution < 1.29 is 4.79 Å². The Labute approximate surface area is 96.0 Å². The number of rotatable bonds is 2. The van der Waals surface area contributed by atoms with Crippen molar-refractivity contribution in [3.63, 3.8) is 0 Å². The second-order valence-corrected chi connectivity index (χ2v) is 4.57. The third-order valence-corrected chi connectivity index (χ3v) is 2.21. The molecule has 0 bridgehead atoms. The van der Waals surface area contributed by atoms with Crippen molar-refractivity contribution in [3.8, 4) is 0 Å². The first-order valence-electron chi connectivity index (χ1n) is 5.10. The average molecular weight is 219 g/mol. The molecule has 4 heteroatoms. The molecular formula is C12H17N3O. The first-order valence-corrected chi connectivity index (χ1v) is 5.10. The van der Waals surface area contributed by atoms with E-state index >= 15 is 0 Å². The zero-order chi connectivity index (χ0) is 12.3. The lowest BCUT2D eigenvalue weighted by Crippen LogP contribution is -2.41. The van der Waals surface area contributed by atoms with E-state index in [2.05, 4.69) is 16.8 Å². The van der Waals surface area contributed by atoms with Gasteiger partial charge < -0.3 is 0 Å². The van der Waals surface area contributed by atoms with Gasteiger partial charge in [0.05, 0.1) is 16.8 Å². The second-order valence-electron chi connectivity index (χ2n) is 4.57. The molecular weight excluding hydrogens is 202 g/mol. The highest BCUT2D eigenvalue weighted by Gasteiger charge is 2.27. The molecule has 86 valence electrons. The van der Waals surface area contributed by atoms with Crippen LogP contribution in [0.25, 0.3) is 0 Å². The van der Waals surface area contributed by atoms with Crippen LogP contribution in [0.4, 0.5) is 0 Å². The van der Waals surface area contributed by atoms with E-state index in [9.17, 15) is 4.79 Å². The van der Waals surface area contributed by atoms with Gasteiger partial charge in [-0.05, 0) is 39.8 Å². The number of carbonyl (C=O) groups excluding carboxylic acids is 1. The van der Waals surface area contributed by atoms with Crippen LogP contribution in [0.3, 0.4) is 0 Å². The number of carbonyl (C=O) groups is 1. The van der Waals surface area contributed by atoms with Gasteiger partial charge in [0.15, 0.2) is 0 Å². The van der Waals surface area contributed by atoms with Gasteiger partial charge >= 0.3 is 0 Å². The van der Waals surface area contributed by atoms with Crippen molar-refractivity contribution in [2.24, 2.45) is 5.10 Å². The molecule has 1 aromatic heterocycles. The van der Waals surface area contributed by atoms with Gasteiger partial charge in [0, 0.05) is 12.9 Å². The van der Waals surface area contributed by atoms with Crippen molar-refractivity contribution in [1.29, 1.82) is 0 Å². The number of hydrazone groups is 1. The minimum Gasteiger partial charge on any atom is -0.267 e. The molecule has 4 nitrogen and oxygen atoms in total. The summed E-state index contributed by atoms with van der Waals surface area (Å²) in [6.45, 7) is 11.0. The summed E-state index contributed by atoms with van der Waals surface area (Å²) < 4.78 is 0. The van der Waals surface area contributed by atoms with Crippen LogP contribution in [-0.4, -0.2) is 28.2 Å². The number of amides is 1. The molecule has 1 amide bonds. The van der Waals surface area contributed by atoms with Crippen molar-refractivity contribution >= 4 is 12.6 Å². The summed E-state index contributed by atoms with van der Waals surface area (Å²) in [7, 11) is 0. The van der Waals surface area contributed by atoms with Crippen LogP contribution >= 0.6 is 0 Å². The first-order chi connectivity index (χ1) is 7.38. The lowest BCUT2D eigenvalue weighted by atomic mass is 10.1. The largest absolute Gasteiger partial charge is 0.276 e. The Bertz CT molecular complexity index is 407. The van der Waals surface area contributed by atoms with Crippen molar-refractivity contribution in [2.75, 3.05) is 0 Å². The van der Waals surface area contributed by atoms with Crippen molar-refractivity contribution in [3.05, 3.63) is 29.6 Å². The SMILES string of the molecule is C=NN(C(=O)c1cccnc1C)C(C)(C)C. The number of pyridine rings is 1. The van der Waals surface area contributed by atoms with Crippen LogP contribution in [0.2, 0.25) is 0 Å². The van der Waals surface area contributed by atoms with Gasteiger partial charge in [-0.15, -0.1) is 0 Å². The third-order valence-electron chi connectivity index (χ3n) is 2.21. The summed E-state index contributed by atoms with van der Waals surface area (Å²) in [5.74, 6) is -0.173. The van der Waals surface area contributed by atoms with Crippen LogP contribution < -0.4 is 0 Å². The Morgan fingerprint density at radius 2 is 2.12 bits per heavy atom. The van der Waals surface area contributed by atoms with Gasteiger partial charge in [-0.3, -0.25) is 9.78 Å². The quantitative estimate of drug-likeness (QED) is 0.565. The van der Waals surface area contributed by atoms with E-state index in [1.807, 2.05) is 20.8 Å². The molecule has 0 unspecified atom stereocenters. The monoisotopic (exact) mass is 219 g/mol. The zero-order valence-electron chi connectivity index (χ0n) is 10.2. The van der Waals surface area contributed by atoms with Crippen LogP contribution in [0, 0.1) is 6.92 Å². The highest BCUT2D eigenvalue weighted by Crippen LogP contribution is 2.18. The summed E-state index contributed by atoms with van der Waals surface area (Å²) in [5, 5.41) is 5.15. The van der Waals surface area contributed by atoms with Gasteiger partial charge in [0.2, 0.25) is 0 Å². The van der Waals surface area contributed by atoms with Crippen LogP contribution in [0.1, 0.15) is 36.8 Å². The molecule has 1 heterocycles. The summed E-state index contributed by atoms with van der Waals surface area (Å²) in [5.41, 5.74) is 0.872. The fourth-order valence-corrected chi connectivity index (χ4v) is 1.41. The van der Waals surface area contributed by atoms with E-state index in [1.165, 1.54) is 5.01 Å². The molecule has 16 heavy (non-hydrogen) atoms. The van der Waals surface area contributed by atoms with E-state index in [-0.39, 0.29) is 11.4 Å². The molecule has 0 saturated carbocycles. The normalized spacial score (nSPS) is 11.0. The van der Waals surface area contributed by atoms with Crippen molar-refractivity contribution in [2.45, 2.75) is 33.2 Å². The van der Waals surface area contributed by atoms with E-state index in [0.29, 0.717) is 11.3 Å². The fraction of sp³-hybridized carbons (Fsp3) is 0.417. The molecule has 0 spiro atoms. The molecule has 0 N–H and O–H groups in total. The number of aryl methyl sites for hydroxylation is 1. The van der Waals surface area contributed by atoms with Gasteiger partial charge in [0.1, 0.15) is 0 Å². The summed E-state index contributed by atoms with van der Waals surface area (Å²) in [4.78, 5) is 16.3. The molecule has 0 saturated heterocycles. The predicted octanol–water partition coefficient (Wildman–Crippen LogP) is 2.25. The van der Waals surface area contributed by atoms with Gasteiger partial charge in [-0.25, -0.2) is 5.01 Å². The maximum absolute atomic E-state index is 12.2. The number of nitrogens with zero attached hydrogens (tertiary/aromatic N) is 3. The van der Waals surface area contributed by atoms with Crippen molar-refractivity contribution in [1.82, 2.24) is 9.99 Å².